The zero-order chi connectivity index (χ0) is 19.6. The van der Waals surface area contributed by atoms with Gasteiger partial charge < -0.3 is 4.74 Å². The maximum atomic E-state index is 13.0. The van der Waals surface area contributed by atoms with Gasteiger partial charge in [0, 0.05) is 5.75 Å². The summed E-state index contributed by atoms with van der Waals surface area (Å²) in [5.74, 6) is 0.210. The number of alkyl halides is 3. The number of fused-ring (bicyclic) bond motifs is 1. The molecule has 3 rings (SSSR count). The number of aryl methyl sites for hydroxylation is 1. The van der Waals surface area contributed by atoms with E-state index in [1.807, 2.05) is 0 Å². The Morgan fingerprint density at radius 1 is 1.37 bits per heavy atom. The van der Waals surface area contributed by atoms with Gasteiger partial charge in [-0.25, -0.2) is 4.79 Å². The Balaban J connectivity index is 2.05. The van der Waals surface area contributed by atoms with E-state index in [1.165, 1.54) is 34.6 Å². The fraction of sp³-hybridized carbons (Fsp3) is 0.294. The third-order valence-corrected chi connectivity index (χ3v) is 4.59. The first-order chi connectivity index (χ1) is 12.8. The van der Waals surface area contributed by atoms with Crippen molar-refractivity contribution in [3.63, 3.8) is 0 Å². The molecule has 6 nitrogen and oxygen atoms in total. The van der Waals surface area contributed by atoms with Gasteiger partial charge in [0.15, 0.2) is 5.82 Å². The summed E-state index contributed by atoms with van der Waals surface area (Å²) in [6, 6.07) is 4.73. The van der Waals surface area contributed by atoms with Crippen LogP contribution in [0, 0.1) is 6.92 Å². The van der Waals surface area contributed by atoms with Crippen LogP contribution in [-0.4, -0.2) is 38.9 Å². The smallest absolute Gasteiger partial charge is 0.416 e. The Bertz CT molecular complexity index is 935. The predicted octanol–water partition coefficient (Wildman–Crippen LogP) is 3.56. The van der Waals surface area contributed by atoms with Crippen LogP contribution in [0.1, 0.15) is 23.9 Å². The molecule has 10 heteroatoms. The topological polar surface area (TPSA) is 69.4 Å². The molecule has 1 aromatic heterocycles. The molecular formula is C17H15F3N4O2S. The van der Waals surface area contributed by atoms with Gasteiger partial charge in [-0.2, -0.15) is 22.9 Å². The van der Waals surface area contributed by atoms with Gasteiger partial charge in [-0.1, -0.05) is 23.9 Å². The summed E-state index contributed by atoms with van der Waals surface area (Å²) >= 11 is 1.33. The van der Waals surface area contributed by atoms with E-state index in [0.29, 0.717) is 22.4 Å². The largest absolute Gasteiger partial charge is 0.462 e. The molecule has 0 amide bonds. The summed E-state index contributed by atoms with van der Waals surface area (Å²) in [7, 11) is 0. The molecule has 142 valence electrons. The van der Waals surface area contributed by atoms with E-state index in [2.05, 4.69) is 15.3 Å². The van der Waals surface area contributed by atoms with Crippen molar-refractivity contribution in [1.29, 1.82) is 0 Å². The summed E-state index contributed by atoms with van der Waals surface area (Å²) in [4.78, 5) is 12.4. The van der Waals surface area contributed by atoms with Crippen LogP contribution in [0.5, 0.6) is 0 Å². The molecule has 0 bridgehead atoms. The second-order valence-electron chi connectivity index (χ2n) is 5.58. The van der Waals surface area contributed by atoms with Crippen LogP contribution in [0.2, 0.25) is 0 Å². The zero-order valence-corrected chi connectivity index (χ0v) is 15.3. The molecule has 27 heavy (non-hydrogen) atoms. The summed E-state index contributed by atoms with van der Waals surface area (Å²) < 4.78 is 45.4. The molecule has 1 aliphatic heterocycles. The second-order valence-corrected chi connectivity index (χ2v) is 6.52. The molecule has 2 heterocycles. The van der Waals surface area contributed by atoms with E-state index in [-0.39, 0.29) is 17.7 Å². The quantitative estimate of drug-likeness (QED) is 0.584. The van der Waals surface area contributed by atoms with Crippen molar-refractivity contribution in [2.45, 2.75) is 25.2 Å². The van der Waals surface area contributed by atoms with E-state index in [0.717, 1.165) is 12.1 Å². The number of thioether (sulfide) groups is 1. The number of halogens is 3. The minimum atomic E-state index is -4.47. The van der Waals surface area contributed by atoms with Gasteiger partial charge in [-0.15, -0.1) is 10.2 Å². The highest BCUT2D eigenvalue weighted by atomic mass is 32.2. The SMILES string of the molecule is CCOC(=O)/C(=C\c1cccc(C(F)(F)F)c1)C1=Nn2c(C)nnc2SC1. The number of hydrogen-bond donors (Lipinski definition) is 0. The predicted molar refractivity (Wildman–Crippen MR) is 94.4 cm³/mol. The van der Waals surface area contributed by atoms with Crippen LogP contribution < -0.4 is 0 Å². The standard InChI is InChI=1S/C17H15F3N4O2S/c1-3-26-15(25)13(8-11-5-4-6-12(7-11)17(18,19)20)14-9-27-16-22-21-10(2)24(16)23-14/h4-8H,3,9H2,1-2H3/b13-8-. The van der Waals surface area contributed by atoms with Crippen LogP contribution >= 0.6 is 11.8 Å². The molecule has 2 aromatic rings. The van der Waals surface area contributed by atoms with E-state index in [4.69, 9.17) is 4.74 Å². The van der Waals surface area contributed by atoms with Crippen LogP contribution in [0.3, 0.4) is 0 Å². The number of benzene rings is 1. The maximum Gasteiger partial charge on any atom is 0.416 e. The van der Waals surface area contributed by atoms with Gasteiger partial charge in [0.1, 0.15) is 0 Å². The summed E-state index contributed by atoms with van der Waals surface area (Å²) in [5, 5.41) is 12.8. The number of ether oxygens (including phenoxy) is 1. The van der Waals surface area contributed by atoms with Crippen molar-refractivity contribution in [1.82, 2.24) is 14.9 Å². The van der Waals surface area contributed by atoms with Crippen molar-refractivity contribution in [2.75, 3.05) is 12.4 Å². The first kappa shape index (κ1) is 19.2. The van der Waals surface area contributed by atoms with Crippen LogP contribution in [0.25, 0.3) is 6.08 Å². The fourth-order valence-corrected chi connectivity index (χ4v) is 3.27. The van der Waals surface area contributed by atoms with Gasteiger partial charge >= 0.3 is 12.1 Å². The number of esters is 1. The number of carbonyl (C=O) groups is 1. The number of carbonyl (C=O) groups excluding carboxylic acids is 1. The molecule has 0 saturated heterocycles. The lowest BCUT2D eigenvalue weighted by Gasteiger charge is -2.15. The monoisotopic (exact) mass is 396 g/mol. The van der Waals surface area contributed by atoms with Crippen LogP contribution in [0.4, 0.5) is 13.2 Å². The molecule has 0 N–H and O–H groups in total. The normalized spacial score (nSPS) is 14.6. The van der Waals surface area contributed by atoms with Crippen molar-refractivity contribution in [3.05, 3.63) is 46.8 Å². The number of hydrogen-bond acceptors (Lipinski definition) is 6. The lowest BCUT2D eigenvalue weighted by Crippen LogP contribution is -2.22. The molecule has 1 aromatic carbocycles. The summed E-state index contributed by atoms with van der Waals surface area (Å²) in [6.07, 6.45) is -3.11. The van der Waals surface area contributed by atoms with Gasteiger partial charge in [-0.05, 0) is 37.6 Å². The molecule has 0 saturated carbocycles. The Labute approximate surface area is 157 Å². The maximum absolute atomic E-state index is 13.0. The van der Waals surface area contributed by atoms with Gasteiger partial charge in [-0.3, -0.25) is 0 Å². The van der Waals surface area contributed by atoms with Crippen molar-refractivity contribution >= 4 is 29.5 Å². The third-order valence-electron chi connectivity index (χ3n) is 3.66. The number of nitrogens with zero attached hydrogens (tertiary/aromatic N) is 4. The van der Waals surface area contributed by atoms with Gasteiger partial charge in [0.05, 0.1) is 23.5 Å². The molecule has 0 spiro atoms. The van der Waals surface area contributed by atoms with Gasteiger partial charge in [0.25, 0.3) is 0 Å². The van der Waals surface area contributed by atoms with E-state index < -0.39 is 17.7 Å². The van der Waals surface area contributed by atoms with Crippen LogP contribution in [0.15, 0.2) is 40.1 Å². The summed E-state index contributed by atoms with van der Waals surface area (Å²) in [6.45, 7) is 3.50. The molecule has 0 atom stereocenters. The molecule has 0 aliphatic carbocycles. The Kier molecular flexibility index (Phi) is 5.36. The molecule has 1 aliphatic rings. The molecular weight excluding hydrogens is 381 g/mol. The Hall–Kier alpha value is -2.62. The minimum Gasteiger partial charge on any atom is -0.462 e. The van der Waals surface area contributed by atoms with Crippen molar-refractivity contribution < 1.29 is 22.7 Å². The van der Waals surface area contributed by atoms with Crippen molar-refractivity contribution in [3.8, 4) is 0 Å². The fourth-order valence-electron chi connectivity index (χ4n) is 2.40. The highest BCUT2D eigenvalue weighted by Crippen LogP contribution is 2.30. The van der Waals surface area contributed by atoms with Crippen LogP contribution in [-0.2, 0) is 15.7 Å². The highest BCUT2D eigenvalue weighted by Gasteiger charge is 2.30. The number of rotatable bonds is 4. The van der Waals surface area contributed by atoms with E-state index >= 15 is 0 Å². The average molecular weight is 396 g/mol. The first-order valence-corrected chi connectivity index (χ1v) is 8.97. The third kappa shape index (κ3) is 4.21. The van der Waals surface area contributed by atoms with Gasteiger partial charge in [0.2, 0.25) is 5.16 Å². The Morgan fingerprint density at radius 3 is 2.85 bits per heavy atom. The van der Waals surface area contributed by atoms with Crippen molar-refractivity contribution in [2.24, 2.45) is 5.10 Å². The molecule has 0 unspecified atom stereocenters. The highest BCUT2D eigenvalue weighted by molar-refractivity contribution is 7.99. The molecule has 0 radical (unpaired) electrons. The zero-order valence-electron chi connectivity index (χ0n) is 14.4. The first-order valence-electron chi connectivity index (χ1n) is 7.98. The number of aromatic nitrogens is 3. The van der Waals surface area contributed by atoms with E-state index in [1.54, 1.807) is 13.8 Å². The average Bonchev–Trinajstić information content (AvgIpc) is 3.00. The lowest BCUT2D eigenvalue weighted by molar-refractivity contribution is -0.138. The lowest BCUT2D eigenvalue weighted by atomic mass is 10.0. The summed E-state index contributed by atoms with van der Waals surface area (Å²) in [5.41, 5.74) is -0.0862. The Morgan fingerprint density at radius 2 is 2.15 bits per heavy atom. The van der Waals surface area contributed by atoms with E-state index in [9.17, 15) is 18.0 Å². The second kappa shape index (κ2) is 7.55. The molecule has 0 fully saturated rings. The minimum absolute atomic E-state index is 0.0995.